The van der Waals surface area contributed by atoms with Crippen LogP contribution in [-0.4, -0.2) is 31.1 Å². The van der Waals surface area contributed by atoms with E-state index in [4.69, 9.17) is 21.1 Å². The summed E-state index contributed by atoms with van der Waals surface area (Å²) in [4.78, 5) is 11.6. The van der Waals surface area contributed by atoms with Crippen LogP contribution < -0.4 is 10.1 Å². The molecule has 1 aromatic rings. The number of anilines is 1. The first-order valence-electron chi connectivity index (χ1n) is 5.90. The summed E-state index contributed by atoms with van der Waals surface area (Å²) >= 11 is 6.03. The number of ether oxygens (including phenoxy) is 2. The summed E-state index contributed by atoms with van der Waals surface area (Å²) in [5, 5.41) is 2.85. The van der Waals surface area contributed by atoms with Gasteiger partial charge in [0.2, 0.25) is 0 Å². The number of nitrogens with one attached hydrogen (secondary N) is 1. The Labute approximate surface area is 110 Å². The lowest BCUT2D eigenvalue weighted by molar-refractivity contribution is -0.122. The first-order chi connectivity index (χ1) is 8.64. The summed E-state index contributed by atoms with van der Waals surface area (Å²) in [6.07, 6.45) is -0.447. The number of benzene rings is 1. The van der Waals surface area contributed by atoms with Gasteiger partial charge in [0.25, 0.3) is 5.91 Å². The second-order valence-electron chi connectivity index (χ2n) is 4.87. The van der Waals surface area contributed by atoms with E-state index in [1.165, 1.54) is 0 Å². The van der Waals surface area contributed by atoms with E-state index in [0.29, 0.717) is 30.5 Å². The molecule has 0 bridgehead atoms. The Morgan fingerprint density at radius 3 is 2.89 bits per heavy atom. The Balaban J connectivity index is 1.96. The molecule has 1 aromatic carbocycles. The number of hydrogen-bond acceptors (Lipinski definition) is 3. The monoisotopic (exact) mass is 267 g/mol. The van der Waals surface area contributed by atoms with Gasteiger partial charge in [0.15, 0.2) is 6.10 Å². The lowest BCUT2D eigenvalue weighted by Gasteiger charge is -2.40. The fourth-order valence-electron chi connectivity index (χ4n) is 2.21. The molecule has 0 aromatic heterocycles. The lowest BCUT2D eigenvalue weighted by Crippen LogP contribution is -2.48. The maximum atomic E-state index is 11.6. The molecule has 1 fully saturated rings. The topological polar surface area (TPSA) is 47.6 Å². The Bertz CT molecular complexity index is 493. The molecular weight excluding hydrogens is 254 g/mol. The molecule has 1 saturated heterocycles. The van der Waals surface area contributed by atoms with E-state index in [9.17, 15) is 4.79 Å². The molecule has 0 radical (unpaired) electrons. The van der Waals surface area contributed by atoms with E-state index < -0.39 is 6.10 Å². The van der Waals surface area contributed by atoms with Crippen molar-refractivity contribution in [3.05, 3.63) is 23.8 Å². The predicted molar refractivity (Wildman–Crippen MR) is 68.4 cm³/mol. The highest BCUT2D eigenvalue weighted by Crippen LogP contribution is 2.38. The number of hydrogen-bond donors (Lipinski definition) is 1. The summed E-state index contributed by atoms with van der Waals surface area (Å²) in [6, 6.07) is 5.81. The fraction of sp³-hybridized carbons (Fsp3) is 0.462. The Hall–Kier alpha value is -1.26. The number of fused-ring (bicyclic) bond motifs is 1. The number of alkyl halides is 1. The van der Waals surface area contributed by atoms with Crippen molar-refractivity contribution in [1.82, 2.24) is 0 Å². The highest BCUT2D eigenvalue weighted by Gasteiger charge is 2.40. The van der Waals surface area contributed by atoms with Crippen LogP contribution in [0.5, 0.6) is 5.75 Å². The molecule has 1 N–H and O–H groups in total. The Morgan fingerprint density at radius 1 is 1.50 bits per heavy atom. The lowest BCUT2D eigenvalue weighted by atomic mass is 9.80. The van der Waals surface area contributed by atoms with Gasteiger partial charge < -0.3 is 14.8 Å². The molecule has 1 atom stereocenters. The van der Waals surface area contributed by atoms with Gasteiger partial charge in [-0.1, -0.05) is 6.07 Å². The van der Waals surface area contributed by atoms with Crippen LogP contribution in [0.3, 0.4) is 0 Å². The summed E-state index contributed by atoms with van der Waals surface area (Å²) in [5.41, 5.74) is 1.68. The molecule has 0 aliphatic carbocycles. The molecule has 0 saturated carbocycles. The second-order valence-corrected chi connectivity index (χ2v) is 5.13. The van der Waals surface area contributed by atoms with Crippen molar-refractivity contribution in [2.45, 2.75) is 18.4 Å². The van der Waals surface area contributed by atoms with E-state index in [1.54, 1.807) is 6.92 Å². The molecular formula is C13H14ClNO3. The number of halogens is 1. The van der Waals surface area contributed by atoms with Crippen molar-refractivity contribution in [2.24, 2.45) is 0 Å². The average molecular weight is 268 g/mol. The summed E-state index contributed by atoms with van der Waals surface area (Å²) < 4.78 is 10.8. The van der Waals surface area contributed by atoms with Gasteiger partial charge in [-0.05, 0) is 24.6 Å². The van der Waals surface area contributed by atoms with Gasteiger partial charge in [0.05, 0.1) is 24.3 Å². The summed E-state index contributed by atoms with van der Waals surface area (Å²) in [5.74, 6) is 1.09. The number of rotatable bonds is 2. The number of carbonyl (C=O) groups excluding carboxylic acids is 1. The number of carbonyl (C=O) groups is 1. The molecule has 2 aliphatic heterocycles. The molecule has 0 spiro atoms. The van der Waals surface area contributed by atoms with Crippen LogP contribution in [-0.2, 0) is 14.9 Å². The second kappa shape index (κ2) is 4.14. The van der Waals surface area contributed by atoms with E-state index in [2.05, 4.69) is 5.32 Å². The van der Waals surface area contributed by atoms with E-state index >= 15 is 0 Å². The molecule has 1 unspecified atom stereocenters. The van der Waals surface area contributed by atoms with Gasteiger partial charge in [-0.3, -0.25) is 4.79 Å². The third-order valence-corrected chi connectivity index (χ3v) is 4.05. The van der Waals surface area contributed by atoms with Gasteiger partial charge in [-0.2, -0.15) is 0 Å². The predicted octanol–water partition coefficient (Wildman–Crippen LogP) is 1.91. The molecule has 3 rings (SSSR count). The first kappa shape index (κ1) is 11.8. The van der Waals surface area contributed by atoms with Crippen LogP contribution in [0.15, 0.2) is 18.2 Å². The van der Waals surface area contributed by atoms with Gasteiger partial charge in [-0.25, -0.2) is 0 Å². The molecule has 4 nitrogen and oxygen atoms in total. The van der Waals surface area contributed by atoms with Crippen LogP contribution in [0.2, 0.25) is 0 Å². The first-order valence-corrected chi connectivity index (χ1v) is 6.44. The Kier molecular flexibility index (Phi) is 2.72. The molecule has 1 amide bonds. The van der Waals surface area contributed by atoms with Crippen molar-refractivity contribution in [3.63, 3.8) is 0 Å². The standard InChI is InChI=1S/C13H14ClNO3/c1-8-12(16)15-10-4-9(2-3-11(10)18-8)13(5-14)6-17-7-13/h2-4,8H,5-7H2,1H3,(H,15,16). The SMILES string of the molecule is CC1Oc2ccc(C3(CCl)COC3)cc2NC1=O. The normalized spacial score (nSPS) is 24.6. The maximum absolute atomic E-state index is 11.6. The highest BCUT2D eigenvalue weighted by atomic mass is 35.5. The van der Waals surface area contributed by atoms with Gasteiger partial charge >= 0.3 is 0 Å². The van der Waals surface area contributed by atoms with Crippen molar-refractivity contribution in [1.29, 1.82) is 0 Å². The van der Waals surface area contributed by atoms with Gasteiger partial charge in [-0.15, -0.1) is 11.6 Å². The number of amides is 1. The van der Waals surface area contributed by atoms with Gasteiger partial charge in [0.1, 0.15) is 5.75 Å². The van der Waals surface area contributed by atoms with Crippen molar-refractivity contribution >= 4 is 23.2 Å². The van der Waals surface area contributed by atoms with Crippen molar-refractivity contribution < 1.29 is 14.3 Å². The zero-order chi connectivity index (χ0) is 12.8. The minimum absolute atomic E-state index is 0.121. The molecule has 2 aliphatic rings. The maximum Gasteiger partial charge on any atom is 0.265 e. The molecule has 2 heterocycles. The third kappa shape index (κ3) is 1.68. The minimum Gasteiger partial charge on any atom is -0.479 e. The molecule has 18 heavy (non-hydrogen) atoms. The smallest absolute Gasteiger partial charge is 0.265 e. The zero-order valence-corrected chi connectivity index (χ0v) is 10.8. The molecule has 96 valence electrons. The van der Waals surface area contributed by atoms with Crippen molar-refractivity contribution in [2.75, 3.05) is 24.4 Å². The Morgan fingerprint density at radius 2 is 2.28 bits per heavy atom. The average Bonchev–Trinajstić information content (AvgIpc) is 2.30. The molecule has 5 heteroatoms. The fourth-order valence-corrected chi connectivity index (χ4v) is 2.52. The van der Waals surface area contributed by atoms with Crippen LogP contribution in [0.1, 0.15) is 12.5 Å². The van der Waals surface area contributed by atoms with E-state index in [0.717, 1.165) is 5.56 Å². The van der Waals surface area contributed by atoms with Crippen LogP contribution in [0.4, 0.5) is 5.69 Å². The van der Waals surface area contributed by atoms with E-state index in [-0.39, 0.29) is 11.3 Å². The van der Waals surface area contributed by atoms with Crippen molar-refractivity contribution in [3.8, 4) is 5.75 Å². The van der Waals surface area contributed by atoms with Crippen LogP contribution in [0, 0.1) is 0 Å². The van der Waals surface area contributed by atoms with E-state index in [1.807, 2.05) is 18.2 Å². The summed E-state index contributed by atoms with van der Waals surface area (Å²) in [6.45, 7) is 2.98. The van der Waals surface area contributed by atoms with Crippen LogP contribution >= 0.6 is 11.6 Å². The van der Waals surface area contributed by atoms with Gasteiger partial charge in [0, 0.05) is 5.88 Å². The quantitative estimate of drug-likeness (QED) is 0.833. The third-order valence-electron chi connectivity index (χ3n) is 3.54. The zero-order valence-electron chi connectivity index (χ0n) is 10.0. The minimum atomic E-state index is -0.447. The highest BCUT2D eigenvalue weighted by molar-refractivity contribution is 6.18. The van der Waals surface area contributed by atoms with Crippen LogP contribution in [0.25, 0.3) is 0 Å². The summed E-state index contributed by atoms with van der Waals surface area (Å²) in [7, 11) is 0. The largest absolute Gasteiger partial charge is 0.479 e.